The molecular weight excluding hydrogens is 222 g/mol. The minimum absolute atomic E-state index is 0.625. The summed E-state index contributed by atoms with van der Waals surface area (Å²) >= 11 is 1.51. The Kier molecular flexibility index (Phi) is 2.14. The fourth-order valence-electron chi connectivity index (χ4n) is 1.64. The van der Waals surface area contributed by atoms with Crippen molar-refractivity contribution in [1.29, 1.82) is 0 Å². The van der Waals surface area contributed by atoms with Crippen molar-refractivity contribution in [3.63, 3.8) is 0 Å². The van der Waals surface area contributed by atoms with Crippen molar-refractivity contribution in [3.05, 3.63) is 35.3 Å². The van der Waals surface area contributed by atoms with E-state index in [9.17, 15) is 0 Å². The SMILES string of the molecule is Cc1ccc2snc(Cc3nn[nH]n3)c2c1. The molecule has 2 aromatic heterocycles. The van der Waals surface area contributed by atoms with Gasteiger partial charge in [-0.1, -0.05) is 16.8 Å². The summed E-state index contributed by atoms with van der Waals surface area (Å²) in [5, 5.41) is 15.1. The summed E-state index contributed by atoms with van der Waals surface area (Å²) in [6, 6.07) is 6.34. The van der Waals surface area contributed by atoms with Gasteiger partial charge in [-0.05, 0) is 30.6 Å². The van der Waals surface area contributed by atoms with E-state index in [4.69, 9.17) is 0 Å². The van der Waals surface area contributed by atoms with Gasteiger partial charge in [-0.25, -0.2) is 0 Å². The lowest BCUT2D eigenvalue weighted by molar-refractivity contribution is 0.881. The molecule has 0 saturated carbocycles. The van der Waals surface area contributed by atoms with E-state index in [1.165, 1.54) is 27.2 Å². The number of benzene rings is 1. The van der Waals surface area contributed by atoms with Crippen LogP contribution in [0, 0.1) is 6.92 Å². The van der Waals surface area contributed by atoms with Gasteiger partial charge in [0, 0.05) is 5.39 Å². The normalized spacial score (nSPS) is 11.1. The Balaban J connectivity index is 2.07. The number of aromatic nitrogens is 5. The van der Waals surface area contributed by atoms with Crippen LogP contribution in [0.15, 0.2) is 18.2 Å². The highest BCUT2D eigenvalue weighted by molar-refractivity contribution is 7.13. The molecule has 0 amide bonds. The molecule has 0 aliphatic heterocycles. The minimum Gasteiger partial charge on any atom is -0.196 e. The molecule has 0 radical (unpaired) electrons. The Morgan fingerprint density at radius 1 is 1.38 bits per heavy atom. The van der Waals surface area contributed by atoms with Crippen LogP contribution in [0.1, 0.15) is 17.1 Å². The maximum atomic E-state index is 4.43. The van der Waals surface area contributed by atoms with E-state index in [0.29, 0.717) is 12.2 Å². The molecule has 1 aromatic carbocycles. The first-order valence-electron chi connectivity index (χ1n) is 4.90. The van der Waals surface area contributed by atoms with Gasteiger partial charge in [-0.2, -0.15) is 9.59 Å². The molecule has 0 bridgehead atoms. The summed E-state index contributed by atoms with van der Waals surface area (Å²) in [4.78, 5) is 0. The van der Waals surface area contributed by atoms with Gasteiger partial charge in [0.15, 0.2) is 5.82 Å². The second-order valence-corrected chi connectivity index (χ2v) is 4.44. The number of hydrogen-bond donors (Lipinski definition) is 1. The number of nitrogens with zero attached hydrogens (tertiary/aromatic N) is 4. The number of fused-ring (bicyclic) bond motifs is 1. The predicted molar refractivity (Wildman–Crippen MR) is 61.3 cm³/mol. The molecule has 0 saturated heterocycles. The van der Waals surface area contributed by atoms with Crippen LogP contribution in [0.25, 0.3) is 10.1 Å². The molecule has 80 valence electrons. The summed E-state index contributed by atoms with van der Waals surface area (Å²) in [5.74, 6) is 0.675. The largest absolute Gasteiger partial charge is 0.196 e. The third-order valence-corrected chi connectivity index (χ3v) is 3.28. The second-order valence-electron chi connectivity index (χ2n) is 3.63. The van der Waals surface area contributed by atoms with Crippen molar-refractivity contribution in [2.24, 2.45) is 0 Å². The third kappa shape index (κ3) is 1.57. The van der Waals surface area contributed by atoms with Crippen molar-refractivity contribution >= 4 is 21.6 Å². The van der Waals surface area contributed by atoms with Crippen LogP contribution >= 0.6 is 11.5 Å². The van der Waals surface area contributed by atoms with E-state index in [2.05, 4.69) is 50.1 Å². The Labute approximate surface area is 95.7 Å². The lowest BCUT2D eigenvalue weighted by Gasteiger charge is -1.95. The quantitative estimate of drug-likeness (QED) is 0.729. The zero-order valence-corrected chi connectivity index (χ0v) is 9.45. The Hall–Kier alpha value is -1.82. The van der Waals surface area contributed by atoms with E-state index >= 15 is 0 Å². The molecule has 5 nitrogen and oxygen atoms in total. The zero-order chi connectivity index (χ0) is 11.0. The van der Waals surface area contributed by atoms with Crippen LogP contribution < -0.4 is 0 Å². The van der Waals surface area contributed by atoms with E-state index in [0.717, 1.165) is 5.69 Å². The zero-order valence-electron chi connectivity index (χ0n) is 8.64. The number of H-pyrrole nitrogens is 1. The van der Waals surface area contributed by atoms with Gasteiger partial charge >= 0.3 is 0 Å². The molecule has 1 N–H and O–H groups in total. The highest BCUT2D eigenvalue weighted by Gasteiger charge is 2.09. The molecule has 0 spiro atoms. The van der Waals surface area contributed by atoms with Gasteiger partial charge in [0.2, 0.25) is 0 Å². The molecule has 16 heavy (non-hydrogen) atoms. The summed E-state index contributed by atoms with van der Waals surface area (Å²) in [5.41, 5.74) is 2.26. The van der Waals surface area contributed by atoms with Gasteiger partial charge < -0.3 is 0 Å². The topological polar surface area (TPSA) is 67.3 Å². The molecule has 0 atom stereocenters. The summed E-state index contributed by atoms with van der Waals surface area (Å²) in [6.07, 6.45) is 0.625. The smallest absolute Gasteiger partial charge is 0.180 e. The number of aromatic amines is 1. The number of rotatable bonds is 2. The third-order valence-electron chi connectivity index (χ3n) is 2.41. The van der Waals surface area contributed by atoms with E-state index < -0.39 is 0 Å². The number of hydrogen-bond acceptors (Lipinski definition) is 5. The van der Waals surface area contributed by atoms with Crippen LogP contribution in [0.2, 0.25) is 0 Å². The Bertz CT molecular complexity index is 613. The lowest BCUT2D eigenvalue weighted by Crippen LogP contribution is -1.91. The van der Waals surface area contributed by atoms with Crippen molar-refractivity contribution in [2.75, 3.05) is 0 Å². The van der Waals surface area contributed by atoms with E-state index in [-0.39, 0.29) is 0 Å². The maximum Gasteiger partial charge on any atom is 0.180 e. The first-order valence-corrected chi connectivity index (χ1v) is 5.67. The second kappa shape index (κ2) is 3.64. The molecular formula is C10H9N5S. The standard InChI is InChI=1S/C10H9N5S/c1-6-2-3-9-7(4-6)8(13-16-9)5-10-11-14-15-12-10/h2-4H,5H2,1H3,(H,11,12,14,15). The average Bonchev–Trinajstić information content (AvgIpc) is 2.90. The summed E-state index contributed by atoms with van der Waals surface area (Å²) in [6.45, 7) is 2.08. The summed E-state index contributed by atoms with van der Waals surface area (Å²) in [7, 11) is 0. The van der Waals surface area contributed by atoms with Gasteiger partial charge in [0.05, 0.1) is 16.8 Å². The minimum atomic E-state index is 0.625. The molecule has 2 heterocycles. The van der Waals surface area contributed by atoms with Crippen molar-refractivity contribution in [2.45, 2.75) is 13.3 Å². The molecule has 3 rings (SSSR count). The van der Waals surface area contributed by atoms with Crippen LogP contribution in [-0.4, -0.2) is 25.0 Å². The highest BCUT2D eigenvalue weighted by atomic mass is 32.1. The first kappa shape index (κ1) is 9.41. The molecule has 0 fully saturated rings. The molecule has 0 aliphatic rings. The van der Waals surface area contributed by atoms with Crippen molar-refractivity contribution < 1.29 is 0 Å². The number of nitrogens with one attached hydrogen (secondary N) is 1. The number of aryl methyl sites for hydroxylation is 1. The van der Waals surface area contributed by atoms with Gasteiger partial charge in [-0.3, -0.25) is 0 Å². The molecule has 6 heteroatoms. The fraction of sp³-hybridized carbons (Fsp3) is 0.200. The van der Waals surface area contributed by atoms with Crippen molar-refractivity contribution in [3.8, 4) is 0 Å². The number of tetrazole rings is 1. The van der Waals surface area contributed by atoms with Crippen LogP contribution in [0.5, 0.6) is 0 Å². The Morgan fingerprint density at radius 2 is 2.31 bits per heavy atom. The predicted octanol–water partition coefficient (Wildman–Crippen LogP) is 1.71. The molecule has 3 aromatic rings. The average molecular weight is 231 g/mol. The highest BCUT2D eigenvalue weighted by Crippen LogP contribution is 2.24. The van der Waals surface area contributed by atoms with Crippen LogP contribution in [0.4, 0.5) is 0 Å². The van der Waals surface area contributed by atoms with E-state index in [1.54, 1.807) is 0 Å². The summed E-state index contributed by atoms with van der Waals surface area (Å²) < 4.78 is 5.63. The van der Waals surface area contributed by atoms with Gasteiger partial charge in [-0.15, -0.1) is 10.2 Å². The monoisotopic (exact) mass is 231 g/mol. The van der Waals surface area contributed by atoms with Gasteiger partial charge in [0.25, 0.3) is 0 Å². The lowest BCUT2D eigenvalue weighted by atomic mass is 10.1. The van der Waals surface area contributed by atoms with Crippen LogP contribution in [-0.2, 0) is 6.42 Å². The first-order chi connectivity index (χ1) is 7.83. The van der Waals surface area contributed by atoms with Gasteiger partial charge in [0.1, 0.15) is 0 Å². The van der Waals surface area contributed by atoms with Crippen molar-refractivity contribution in [1.82, 2.24) is 25.0 Å². The maximum absolute atomic E-state index is 4.43. The fourth-order valence-corrected chi connectivity index (χ4v) is 2.41. The molecule has 0 aliphatic carbocycles. The molecule has 0 unspecified atom stereocenters. The Morgan fingerprint density at radius 3 is 3.12 bits per heavy atom. The van der Waals surface area contributed by atoms with E-state index in [1.807, 2.05) is 0 Å². The van der Waals surface area contributed by atoms with Crippen LogP contribution in [0.3, 0.4) is 0 Å².